The Morgan fingerprint density at radius 3 is 2.68 bits per heavy atom. The summed E-state index contributed by atoms with van der Waals surface area (Å²) in [4.78, 5) is 11.7. The summed E-state index contributed by atoms with van der Waals surface area (Å²) < 4.78 is 27.4. The predicted molar refractivity (Wildman–Crippen MR) is 102 cm³/mol. The number of thioether (sulfide) groups is 1. The van der Waals surface area contributed by atoms with Gasteiger partial charge in [-0.3, -0.25) is 9.52 Å². The van der Waals surface area contributed by atoms with E-state index in [0.717, 1.165) is 0 Å². The van der Waals surface area contributed by atoms with Crippen LogP contribution >= 0.6 is 23.4 Å². The summed E-state index contributed by atoms with van der Waals surface area (Å²) in [5.74, 6) is 0.113. The number of sulfonamides is 1. The van der Waals surface area contributed by atoms with Gasteiger partial charge < -0.3 is 10.4 Å². The maximum Gasteiger partial charge on any atom is 0.261 e. The summed E-state index contributed by atoms with van der Waals surface area (Å²) in [6, 6.07) is 9.96. The zero-order valence-electron chi connectivity index (χ0n) is 13.3. The van der Waals surface area contributed by atoms with Gasteiger partial charge in [-0.2, -0.15) is 11.8 Å². The molecule has 0 saturated carbocycles. The Morgan fingerprint density at radius 2 is 2.00 bits per heavy atom. The lowest BCUT2D eigenvalue weighted by Gasteiger charge is -2.12. The fourth-order valence-corrected chi connectivity index (χ4v) is 3.61. The number of aromatic hydroxyl groups is 1. The van der Waals surface area contributed by atoms with E-state index in [0.29, 0.717) is 16.5 Å². The highest BCUT2D eigenvalue weighted by Gasteiger charge is 2.17. The van der Waals surface area contributed by atoms with E-state index in [1.54, 1.807) is 18.2 Å². The molecule has 3 N–H and O–H groups in total. The van der Waals surface area contributed by atoms with Crippen LogP contribution in [0.5, 0.6) is 5.75 Å². The van der Waals surface area contributed by atoms with Crippen LogP contribution in [0.25, 0.3) is 0 Å². The molecule has 0 radical (unpaired) electrons. The maximum atomic E-state index is 12.5. The third-order valence-corrected chi connectivity index (χ3v) is 5.39. The van der Waals surface area contributed by atoms with Crippen molar-refractivity contribution >= 4 is 50.7 Å². The van der Waals surface area contributed by atoms with Gasteiger partial charge >= 0.3 is 0 Å². The molecule has 0 aliphatic carbocycles. The lowest BCUT2D eigenvalue weighted by molar-refractivity contribution is -0.115. The van der Waals surface area contributed by atoms with Crippen molar-refractivity contribution in [3.63, 3.8) is 0 Å². The molecule has 1 amide bonds. The van der Waals surface area contributed by atoms with Crippen molar-refractivity contribution in [2.45, 2.75) is 11.3 Å². The zero-order valence-corrected chi connectivity index (χ0v) is 15.7. The first-order chi connectivity index (χ1) is 11.8. The molecule has 0 aliphatic rings. The summed E-state index contributed by atoms with van der Waals surface area (Å²) in [5, 5.41) is 12.8. The lowest BCUT2D eigenvalue weighted by Crippen LogP contribution is -2.15. The van der Waals surface area contributed by atoms with Crippen molar-refractivity contribution in [1.82, 2.24) is 0 Å². The van der Waals surface area contributed by atoms with Gasteiger partial charge in [-0.15, -0.1) is 0 Å². The van der Waals surface area contributed by atoms with Gasteiger partial charge in [-0.05, 0) is 42.7 Å². The van der Waals surface area contributed by atoms with E-state index >= 15 is 0 Å². The normalized spacial score (nSPS) is 11.1. The maximum absolute atomic E-state index is 12.5. The molecule has 0 saturated heterocycles. The van der Waals surface area contributed by atoms with E-state index < -0.39 is 10.0 Å². The molecule has 0 heterocycles. The summed E-state index contributed by atoms with van der Waals surface area (Å²) in [6.07, 6.45) is 2.14. The Balaban J connectivity index is 2.23. The minimum absolute atomic E-state index is 0.0417. The van der Waals surface area contributed by atoms with Crippen LogP contribution in [0.1, 0.15) is 6.42 Å². The van der Waals surface area contributed by atoms with E-state index in [4.69, 9.17) is 11.6 Å². The first kappa shape index (κ1) is 19.4. The van der Waals surface area contributed by atoms with Gasteiger partial charge in [0.2, 0.25) is 5.91 Å². The number of carbonyl (C=O) groups excluding carboxylic acids is 1. The van der Waals surface area contributed by atoms with Crippen LogP contribution in [0.4, 0.5) is 11.4 Å². The van der Waals surface area contributed by atoms with Crippen molar-refractivity contribution < 1.29 is 18.3 Å². The molecule has 0 unspecified atom stereocenters. The largest absolute Gasteiger partial charge is 0.506 e. The molecular formula is C16H17ClN2O4S2. The first-order valence-corrected chi connectivity index (χ1v) is 10.5. The van der Waals surface area contributed by atoms with Crippen molar-refractivity contribution in [2.75, 3.05) is 22.0 Å². The number of anilines is 2. The van der Waals surface area contributed by atoms with Gasteiger partial charge in [0.05, 0.1) is 16.3 Å². The quantitative estimate of drug-likeness (QED) is 0.618. The average molecular weight is 401 g/mol. The van der Waals surface area contributed by atoms with Gasteiger partial charge in [-0.1, -0.05) is 17.7 Å². The number of hydrogen-bond donors (Lipinski definition) is 3. The number of nitrogens with one attached hydrogen (secondary N) is 2. The third-order valence-electron chi connectivity index (χ3n) is 3.16. The third kappa shape index (κ3) is 5.55. The van der Waals surface area contributed by atoms with Gasteiger partial charge in [0, 0.05) is 17.2 Å². The second kappa shape index (κ2) is 8.46. The minimum atomic E-state index is -3.90. The molecule has 2 rings (SSSR count). The van der Waals surface area contributed by atoms with Gasteiger partial charge in [0.1, 0.15) is 5.75 Å². The fraction of sp³-hybridized carbons (Fsp3) is 0.188. The molecule has 2 aromatic rings. The molecule has 0 aromatic heterocycles. The van der Waals surface area contributed by atoms with E-state index in [-0.39, 0.29) is 28.7 Å². The highest BCUT2D eigenvalue weighted by molar-refractivity contribution is 7.98. The molecule has 6 nitrogen and oxygen atoms in total. The van der Waals surface area contributed by atoms with Crippen LogP contribution in [0.3, 0.4) is 0 Å². The minimum Gasteiger partial charge on any atom is -0.506 e. The van der Waals surface area contributed by atoms with Crippen LogP contribution in [0.2, 0.25) is 5.02 Å². The van der Waals surface area contributed by atoms with Crippen LogP contribution in [0.15, 0.2) is 47.4 Å². The second-order valence-electron chi connectivity index (χ2n) is 5.09. The monoisotopic (exact) mass is 400 g/mol. The van der Waals surface area contributed by atoms with Gasteiger partial charge in [-0.25, -0.2) is 8.42 Å². The molecule has 0 bridgehead atoms. The Morgan fingerprint density at radius 1 is 1.24 bits per heavy atom. The summed E-state index contributed by atoms with van der Waals surface area (Å²) in [5.41, 5.74) is 0.353. The number of benzene rings is 2. The van der Waals surface area contributed by atoms with Crippen LogP contribution in [-0.4, -0.2) is 31.4 Å². The van der Waals surface area contributed by atoms with Crippen molar-refractivity contribution in [2.24, 2.45) is 0 Å². The topological polar surface area (TPSA) is 95.5 Å². The number of rotatable bonds is 7. The highest BCUT2D eigenvalue weighted by atomic mass is 35.5. The Hall–Kier alpha value is -1.90. The molecule has 0 aliphatic heterocycles. The molecular weight excluding hydrogens is 384 g/mol. The molecule has 2 aromatic carbocycles. The Bertz CT molecular complexity index is 872. The molecule has 0 atom stereocenters. The Kier molecular flexibility index (Phi) is 6.57. The van der Waals surface area contributed by atoms with Crippen LogP contribution in [0, 0.1) is 0 Å². The number of halogens is 1. The SMILES string of the molecule is CSCCC(=O)Nc1cc(S(=O)(=O)Nc2cccc(Cl)c2)ccc1O. The fourth-order valence-electron chi connectivity index (χ4n) is 1.96. The summed E-state index contributed by atoms with van der Waals surface area (Å²) in [6.45, 7) is 0. The standard InChI is InChI=1S/C16H17ClN2O4S2/c1-24-8-7-16(21)18-14-10-13(5-6-15(14)20)25(22,23)19-12-4-2-3-11(17)9-12/h2-6,9-10,19-20H,7-8H2,1H3,(H,18,21). The molecule has 0 fully saturated rings. The predicted octanol–water partition coefficient (Wildman–Crippen LogP) is 3.54. The molecule has 25 heavy (non-hydrogen) atoms. The van der Waals surface area contributed by atoms with Crippen molar-refractivity contribution in [3.8, 4) is 5.75 Å². The molecule has 9 heteroatoms. The van der Waals surface area contributed by atoms with Crippen LogP contribution < -0.4 is 10.0 Å². The smallest absolute Gasteiger partial charge is 0.261 e. The summed E-state index contributed by atoms with van der Waals surface area (Å²) >= 11 is 7.36. The Labute approximate surface area is 155 Å². The van der Waals surface area contributed by atoms with E-state index in [1.165, 1.54) is 36.0 Å². The second-order valence-corrected chi connectivity index (χ2v) is 8.19. The van der Waals surface area contributed by atoms with E-state index in [9.17, 15) is 18.3 Å². The van der Waals surface area contributed by atoms with Crippen LogP contribution in [-0.2, 0) is 14.8 Å². The van der Waals surface area contributed by atoms with Crippen molar-refractivity contribution in [1.29, 1.82) is 0 Å². The number of phenolic OH excluding ortho intramolecular Hbond substituents is 1. The molecule has 134 valence electrons. The average Bonchev–Trinajstić information content (AvgIpc) is 2.54. The first-order valence-electron chi connectivity index (χ1n) is 7.22. The van der Waals surface area contributed by atoms with Gasteiger partial charge in [0.25, 0.3) is 10.0 Å². The number of hydrogen-bond acceptors (Lipinski definition) is 5. The zero-order chi connectivity index (χ0) is 18.4. The van der Waals surface area contributed by atoms with Crippen molar-refractivity contribution in [3.05, 3.63) is 47.5 Å². The molecule has 0 spiro atoms. The highest BCUT2D eigenvalue weighted by Crippen LogP contribution is 2.28. The summed E-state index contributed by atoms with van der Waals surface area (Å²) in [7, 11) is -3.90. The number of phenols is 1. The number of carbonyl (C=O) groups is 1. The van der Waals surface area contributed by atoms with E-state index in [2.05, 4.69) is 10.0 Å². The number of amides is 1. The van der Waals surface area contributed by atoms with Gasteiger partial charge in [0.15, 0.2) is 0 Å². The van der Waals surface area contributed by atoms with E-state index in [1.807, 2.05) is 6.26 Å². The lowest BCUT2D eigenvalue weighted by atomic mass is 10.3.